The molecular formula is C13H18N2O2. The Morgan fingerprint density at radius 1 is 1.35 bits per heavy atom. The number of hydrogen-bond donors (Lipinski definition) is 2. The second kappa shape index (κ2) is 7.46. The molecule has 92 valence electrons. The van der Waals surface area contributed by atoms with Crippen LogP contribution in [-0.2, 0) is 4.74 Å². The fraction of sp³-hybridized carbons (Fsp3) is 0.308. The maximum atomic E-state index is 11.6. The van der Waals surface area contributed by atoms with Gasteiger partial charge in [-0.1, -0.05) is 6.08 Å². The predicted molar refractivity (Wildman–Crippen MR) is 68.8 cm³/mol. The molecule has 0 saturated carbocycles. The summed E-state index contributed by atoms with van der Waals surface area (Å²) in [4.78, 5) is 11.6. The van der Waals surface area contributed by atoms with Crippen LogP contribution in [0.15, 0.2) is 36.9 Å². The molecule has 3 N–H and O–H groups in total. The number of nitrogens with two attached hydrogens (primary N) is 1. The van der Waals surface area contributed by atoms with E-state index in [2.05, 4.69) is 11.9 Å². The number of amides is 1. The lowest BCUT2D eigenvalue weighted by molar-refractivity contribution is 0.0918. The number of carbonyl (C=O) groups is 1. The van der Waals surface area contributed by atoms with Crippen LogP contribution in [0.2, 0.25) is 0 Å². The van der Waals surface area contributed by atoms with Crippen molar-refractivity contribution in [1.82, 2.24) is 5.32 Å². The van der Waals surface area contributed by atoms with Crippen LogP contribution in [0.1, 0.15) is 16.8 Å². The average Bonchev–Trinajstić information content (AvgIpc) is 2.34. The Morgan fingerprint density at radius 2 is 2.06 bits per heavy atom. The molecule has 0 bridgehead atoms. The Morgan fingerprint density at radius 3 is 2.71 bits per heavy atom. The van der Waals surface area contributed by atoms with Gasteiger partial charge in [-0.05, 0) is 30.7 Å². The molecule has 0 heterocycles. The van der Waals surface area contributed by atoms with Crippen LogP contribution in [0.5, 0.6) is 0 Å². The van der Waals surface area contributed by atoms with Gasteiger partial charge in [0.05, 0.1) is 13.2 Å². The van der Waals surface area contributed by atoms with E-state index >= 15 is 0 Å². The summed E-state index contributed by atoms with van der Waals surface area (Å²) >= 11 is 0. The van der Waals surface area contributed by atoms with Crippen LogP contribution in [0, 0.1) is 0 Å². The lowest BCUT2D eigenvalue weighted by atomic mass is 10.2. The Kier molecular flexibility index (Phi) is 5.82. The third kappa shape index (κ3) is 5.17. The second-order valence-corrected chi connectivity index (χ2v) is 3.57. The van der Waals surface area contributed by atoms with Crippen molar-refractivity contribution in [2.75, 3.05) is 25.5 Å². The zero-order valence-electron chi connectivity index (χ0n) is 9.82. The largest absolute Gasteiger partial charge is 0.399 e. The minimum atomic E-state index is -0.114. The van der Waals surface area contributed by atoms with Gasteiger partial charge in [-0.15, -0.1) is 6.58 Å². The number of benzene rings is 1. The fourth-order valence-electron chi connectivity index (χ4n) is 1.24. The van der Waals surface area contributed by atoms with Crippen molar-refractivity contribution in [2.45, 2.75) is 6.42 Å². The van der Waals surface area contributed by atoms with Crippen molar-refractivity contribution < 1.29 is 9.53 Å². The Balaban J connectivity index is 2.21. The van der Waals surface area contributed by atoms with Gasteiger partial charge < -0.3 is 15.8 Å². The van der Waals surface area contributed by atoms with Crippen LogP contribution in [0.4, 0.5) is 5.69 Å². The first-order valence-corrected chi connectivity index (χ1v) is 5.56. The molecule has 0 aliphatic heterocycles. The van der Waals surface area contributed by atoms with Crippen molar-refractivity contribution in [3.63, 3.8) is 0 Å². The third-order valence-electron chi connectivity index (χ3n) is 2.17. The summed E-state index contributed by atoms with van der Waals surface area (Å²) in [5.74, 6) is -0.114. The van der Waals surface area contributed by atoms with Gasteiger partial charge in [-0.3, -0.25) is 4.79 Å². The molecule has 1 aromatic carbocycles. The molecule has 1 amide bonds. The SMILES string of the molecule is C=CCCOCCNC(=O)c1ccc(N)cc1. The normalized spacial score (nSPS) is 9.88. The van der Waals surface area contributed by atoms with Crippen LogP contribution in [0.25, 0.3) is 0 Å². The van der Waals surface area contributed by atoms with Crippen molar-refractivity contribution in [2.24, 2.45) is 0 Å². The minimum absolute atomic E-state index is 0.114. The van der Waals surface area contributed by atoms with E-state index in [4.69, 9.17) is 10.5 Å². The first-order valence-electron chi connectivity index (χ1n) is 5.56. The van der Waals surface area contributed by atoms with E-state index in [9.17, 15) is 4.79 Å². The van der Waals surface area contributed by atoms with Gasteiger partial charge >= 0.3 is 0 Å². The minimum Gasteiger partial charge on any atom is -0.399 e. The molecule has 17 heavy (non-hydrogen) atoms. The molecule has 0 aliphatic carbocycles. The molecule has 0 unspecified atom stereocenters. The first-order chi connectivity index (χ1) is 8.24. The van der Waals surface area contributed by atoms with Gasteiger partial charge in [0, 0.05) is 17.8 Å². The highest BCUT2D eigenvalue weighted by Crippen LogP contribution is 2.04. The summed E-state index contributed by atoms with van der Waals surface area (Å²) in [6.45, 7) is 5.24. The number of ether oxygens (including phenoxy) is 1. The highest BCUT2D eigenvalue weighted by molar-refractivity contribution is 5.94. The van der Waals surface area contributed by atoms with Crippen molar-refractivity contribution in [3.05, 3.63) is 42.5 Å². The summed E-state index contributed by atoms with van der Waals surface area (Å²) < 4.78 is 5.27. The Hall–Kier alpha value is -1.81. The molecule has 0 spiro atoms. The van der Waals surface area contributed by atoms with Crippen molar-refractivity contribution >= 4 is 11.6 Å². The Bertz CT molecular complexity index is 360. The molecule has 4 nitrogen and oxygen atoms in total. The lowest BCUT2D eigenvalue weighted by Gasteiger charge is -2.06. The quantitative estimate of drug-likeness (QED) is 0.428. The molecule has 0 atom stereocenters. The number of carbonyl (C=O) groups excluding carboxylic acids is 1. The summed E-state index contributed by atoms with van der Waals surface area (Å²) in [5.41, 5.74) is 6.78. The van der Waals surface area contributed by atoms with E-state index in [0.717, 1.165) is 6.42 Å². The summed E-state index contributed by atoms with van der Waals surface area (Å²) in [5, 5.41) is 2.76. The molecular weight excluding hydrogens is 216 g/mol. The summed E-state index contributed by atoms with van der Waals surface area (Å²) in [7, 11) is 0. The van der Waals surface area contributed by atoms with Crippen LogP contribution >= 0.6 is 0 Å². The van der Waals surface area contributed by atoms with E-state index < -0.39 is 0 Å². The highest BCUT2D eigenvalue weighted by Gasteiger charge is 2.03. The monoisotopic (exact) mass is 234 g/mol. The highest BCUT2D eigenvalue weighted by atomic mass is 16.5. The molecule has 0 aromatic heterocycles. The van der Waals surface area contributed by atoms with Crippen LogP contribution < -0.4 is 11.1 Å². The lowest BCUT2D eigenvalue weighted by Crippen LogP contribution is -2.27. The predicted octanol–water partition coefficient (Wildman–Crippen LogP) is 1.59. The van der Waals surface area contributed by atoms with Crippen LogP contribution in [-0.4, -0.2) is 25.7 Å². The van der Waals surface area contributed by atoms with E-state index in [-0.39, 0.29) is 5.91 Å². The van der Waals surface area contributed by atoms with Gasteiger partial charge in [0.2, 0.25) is 0 Å². The Labute approximate surface area is 101 Å². The van der Waals surface area contributed by atoms with Gasteiger partial charge in [0.15, 0.2) is 0 Å². The molecule has 0 radical (unpaired) electrons. The smallest absolute Gasteiger partial charge is 0.251 e. The van der Waals surface area contributed by atoms with Crippen molar-refractivity contribution in [3.8, 4) is 0 Å². The standard InChI is InChI=1S/C13H18N2O2/c1-2-3-9-17-10-8-15-13(16)11-4-6-12(14)7-5-11/h2,4-7H,1,3,8-10,14H2,(H,15,16). The number of nitrogens with one attached hydrogen (secondary N) is 1. The molecule has 0 saturated heterocycles. The second-order valence-electron chi connectivity index (χ2n) is 3.57. The average molecular weight is 234 g/mol. The number of hydrogen-bond acceptors (Lipinski definition) is 3. The van der Waals surface area contributed by atoms with E-state index in [1.165, 1.54) is 0 Å². The van der Waals surface area contributed by atoms with E-state index in [1.54, 1.807) is 30.3 Å². The summed E-state index contributed by atoms with van der Waals surface area (Å²) in [6.07, 6.45) is 2.62. The zero-order valence-corrected chi connectivity index (χ0v) is 9.82. The van der Waals surface area contributed by atoms with Crippen molar-refractivity contribution in [1.29, 1.82) is 0 Å². The molecule has 1 aromatic rings. The summed E-state index contributed by atoms with van der Waals surface area (Å²) in [6, 6.07) is 6.80. The van der Waals surface area contributed by atoms with E-state index in [1.807, 2.05) is 0 Å². The van der Waals surface area contributed by atoms with E-state index in [0.29, 0.717) is 31.0 Å². The molecule has 0 aliphatic rings. The maximum absolute atomic E-state index is 11.6. The third-order valence-corrected chi connectivity index (χ3v) is 2.17. The molecule has 1 rings (SSSR count). The maximum Gasteiger partial charge on any atom is 0.251 e. The van der Waals surface area contributed by atoms with Gasteiger partial charge in [0.1, 0.15) is 0 Å². The zero-order chi connectivity index (χ0) is 12.5. The van der Waals surface area contributed by atoms with Gasteiger partial charge in [-0.2, -0.15) is 0 Å². The number of rotatable bonds is 7. The molecule has 4 heteroatoms. The molecule has 0 fully saturated rings. The number of anilines is 1. The van der Waals surface area contributed by atoms with Crippen LogP contribution in [0.3, 0.4) is 0 Å². The fourth-order valence-corrected chi connectivity index (χ4v) is 1.24. The van der Waals surface area contributed by atoms with Gasteiger partial charge in [0.25, 0.3) is 5.91 Å². The topological polar surface area (TPSA) is 64.3 Å². The number of nitrogen functional groups attached to an aromatic ring is 1. The van der Waals surface area contributed by atoms with Gasteiger partial charge in [-0.25, -0.2) is 0 Å². The first kappa shape index (κ1) is 13.3.